The van der Waals surface area contributed by atoms with Crippen LogP contribution in [0.5, 0.6) is 0 Å². The number of rotatable bonds is 2. The van der Waals surface area contributed by atoms with Crippen molar-refractivity contribution in [1.29, 1.82) is 0 Å². The Bertz CT molecular complexity index is 1100. The second-order valence-corrected chi connectivity index (χ2v) is 8.09. The average molecular weight is 407 g/mol. The summed E-state index contributed by atoms with van der Waals surface area (Å²) in [5.74, 6) is -0.758. The van der Waals surface area contributed by atoms with Gasteiger partial charge in [-0.05, 0) is 48.3 Å². The summed E-state index contributed by atoms with van der Waals surface area (Å²) in [5, 5.41) is 13.3. The number of hydrogen-bond acceptors (Lipinski definition) is 4. The van der Waals surface area contributed by atoms with Gasteiger partial charge in [0, 0.05) is 30.5 Å². The van der Waals surface area contributed by atoms with Crippen molar-refractivity contribution in [2.24, 2.45) is 0 Å². The monoisotopic (exact) mass is 407 g/mol. The Morgan fingerprint density at radius 3 is 2.50 bits per heavy atom. The third-order valence-electron chi connectivity index (χ3n) is 6.49. The van der Waals surface area contributed by atoms with Crippen LogP contribution >= 0.6 is 0 Å². The predicted octanol–water partition coefficient (Wildman–Crippen LogP) is 2.46. The van der Waals surface area contributed by atoms with Crippen molar-refractivity contribution in [3.63, 3.8) is 0 Å². The van der Waals surface area contributed by atoms with Crippen molar-refractivity contribution in [3.8, 4) is 0 Å². The van der Waals surface area contributed by atoms with Crippen LogP contribution in [-0.2, 0) is 9.59 Å². The largest absolute Gasteiger partial charge is 0.465 e. The number of anilines is 1. The number of carboxylic acid groups (broad SMARTS) is 1. The SMILES string of the molecule is O=C1CCC(N2C(=O)c3ccc(C4CCN(C(=O)O)CC4)c4cccc2c34)C(=O)N1. The van der Waals surface area contributed by atoms with Crippen LogP contribution in [0.25, 0.3) is 10.8 Å². The van der Waals surface area contributed by atoms with Gasteiger partial charge < -0.3 is 10.0 Å². The molecule has 0 bridgehead atoms. The molecule has 0 saturated carbocycles. The normalized spacial score (nSPS) is 22.0. The number of likely N-dealkylation sites (tertiary alicyclic amines) is 1. The van der Waals surface area contributed by atoms with Gasteiger partial charge in [0.1, 0.15) is 6.04 Å². The molecule has 4 amide bonds. The van der Waals surface area contributed by atoms with Crippen molar-refractivity contribution in [2.45, 2.75) is 37.6 Å². The number of piperidine rings is 2. The van der Waals surface area contributed by atoms with E-state index in [1.54, 1.807) is 0 Å². The van der Waals surface area contributed by atoms with E-state index >= 15 is 0 Å². The Kier molecular flexibility index (Phi) is 4.23. The molecule has 0 aromatic heterocycles. The molecule has 1 unspecified atom stereocenters. The number of amides is 4. The maximum atomic E-state index is 13.2. The fourth-order valence-electron chi connectivity index (χ4n) is 5.00. The van der Waals surface area contributed by atoms with E-state index in [1.807, 2.05) is 30.3 Å². The van der Waals surface area contributed by atoms with E-state index in [2.05, 4.69) is 5.32 Å². The Hall–Kier alpha value is -3.42. The number of carbonyl (C=O) groups excluding carboxylic acids is 3. The molecule has 1 atom stereocenters. The number of benzene rings is 2. The van der Waals surface area contributed by atoms with Crippen molar-refractivity contribution >= 4 is 40.3 Å². The van der Waals surface area contributed by atoms with Crippen molar-refractivity contribution in [3.05, 3.63) is 41.5 Å². The van der Waals surface area contributed by atoms with Gasteiger partial charge in [0.15, 0.2) is 0 Å². The molecule has 0 radical (unpaired) electrons. The lowest BCUT2D eigenvalue weighted by Crippen LogP contribution is -2.53. The number of nitrogens with zero attached hydrogens (tertiary/aromatic N) is 2. The highest BCUT2D eigenvalue weighted by Gasteiger charge is 2.41. The minimum absolute atomic E-state index is 0.208. The Morgan fingerprint density at radius 2 is 1.80 bits per heavy atom. The summed E-state index contributed by atoms with van der Waals surface area (Å²) >= 11 is 0. The van der Waals surface area contributed by atoms with E-state index in [0.717, 1.165) is 29.2 Å². The molecule has 2 fully saturated rings. The molecule has 2 saturated heterocycles. The van der Waals surface area contributed by atoms with Gasteiger partial charge in [-0.2, -0.15) is 0 Å². The summed E-state index contributed by atoms with van der Waals surface area (Å²) in [6.45, 7) is 0.981. The number of hydrogen-bond donors (Lipinski definition) is 2. The van der Waals surface area contributed by atoms with Gasteiger partial charge in [0.05, 0.1) is 5.69 Å². The minimum Gasteiger partial charge on any atom is -0.465 e. The molecule has 2 aromatic carbocycles. The van der Waals surface area contributed by atoms with Crippen LogP contribution in [-0.4, -0.2) is 53.0 Å². The molecule has 3 aliphatic rings. The third kappa shape index (κ3) is 2.74. The second kappa shape index (κ2) is 6.83. The molecule has 5 rings (SSSR count). The van der Waals surface area contributed by atoms with Gasteiger partial charge in [-0.1, -0.05) is 18.2 Å². The third-order valence-corrected chi connectivity index (χ3v) is 6.49. The molecule has 30 heavy (non-hydrogen) atoms. The van der Waals surface area contributed by atoms with Crippen LogP contribution in [0, 0.1) is 0 Å². The van der Waals surface area contributed by atoms with E-state index in [4.69, 9.17) is 0 Å². The minimum atomic E-state index is -0.890. The summed E-state index contributed by atoms with van der Waals surface area (Å²) in [6.07, 6.45) is 1.09. The smallest absolute Gasteiger partial charge is 0.407 e. The predicted molar refractivity (Wildman–Crippen MR) is 109 cm³/mol. The molecule has 8 nitrogen and oxygen atoms in total. The van der Waals surface area contributed by atoms with Gasteiger partial charge >= 0.3 is 6.09 Å². The van der Waals surface area contributed by atoms with Crippen LogP contribution in [0.1, 0.15) is 47.5 Å². The molecule has 2 N–H and O–H groups in total. The molecule has 3 heterocycles. The standard InChI is InChI=1S/C22H21N3O5/c26-18-7-6-17(20(27)23-18)25-16-3-1-2-14-13(4-5-15(19(14)16)21(25)28)12-8-10-24(11-9-12)22(29)30/h1-5,12,17H,6-11H2,(H,29,30)(H,23,26,27). The summed E-state index contributed by atoms with van der Waals surface area (Å²) in [5.41, 5.74) is 2.38. The van der Waals surface area contributed by atoms with E-state index in [9.17, 15) is 24.3 Å². The summed E-state index contributed by atoms with van der Waals surface area (Å²) in [6, 6.07) is 8.80. The van der Waals surface area contributed by atoms with Crippen molar-refractivity contribution < 1.29 is 24.3 Å². The Balaban J connectivity index is 1.53. The molecule has 154 valence electrons. The quantitative estimate of drug-likeness (QED) is 0.744. The summed E-state index contributed by atoms with van der Waals surface area (Å²) in [7, 11) is 0. The van der Waals surface area contributed by atoms with E-state index in [-0.39, 0.29) is 24.2 Å². The van der Waals surface area contributed by atoms with Gasteiger partial charge in [-0.3, -0.25) is 24.6 Å². The van der Waals surface area contributed by atoms with E-state index < -0.39 is 18.0 Å². The second-order valence-electron chi connectivity index (χ2n) is 8.09. The number of carbonyl (C=O) groups is 4. The molecular weight excluding hydrogens is 386 g/mol. The lowest BCUT2D eigenvalue weighted by molar-refractivity contribution is -0.134. The maximum Gasteiger partial charge on any atom is 0.407 e. The highest BCUT2D eigenvalue weighted by molar-refractivity contribution is 6.27. The van der Waals surface area contributed by atoms with Crippen LogP contribution in [0.4, 0.5) is 10.5 Å². The first-order chi connectivity index (χ1) is 14.5. The lowest BCUT2D eigenvalue weighted by atomic mass is 9.85. The van der Waals surface area contributed by atoms with Crippen molar-refractivity contribution in [1.82, 2.24) is 10.2 Å². The van der Waals surface area contributed by atoms with Gasteiger partial charge in [-0.15, -0.1) is 0 Å². The highest BCUT2D eigenvalue weighted by atomic mass is 16.4. The van der Waals surface area contributed by atoms with E-state index in [1.165, 1.54) is 9.80 Å². The Labute approximate surface area is 172 Å². The van der Waals surface area contributed by atoms with Crippen LogP contribution < -0.4 is 10.2 Å². The van der Waals surface area contributed by atoms with Crippen LogP contribution in [0.2, 0.25) is 0 Å². The van der Waals surface area contributed by atoms with Gasteiger partial charge in [-0.25, -0.2) is 4.79 Å². The van der Waals surface area contributed by atoms with Crippen molar-refractivity contribution in [2.75, 3.05) is 18.0 Å². The highest BCUT2D eigenvalue weighted by Crippen LogP contribution is 2.43. The Morgan fingerprint density at radius 1 is 1.03 bits per heavy atom. The molecule has 0 spiro atoms. The van der Waals surface area contributed by atoms with Gasteiger partial charge in [0.2, 0.25) is 11.8 Å². The number of nitrogens with one attached hydrogen (secondary N) is 1. The molecular formula is C22H21N3O5. The lowest BCUT2D eigenvalue weighted by Gasteiger charge is -2.31. The molecule has 0 aliphatic carbocycles. The van der Waals surface area contributed by atoms with Gasteiger partial charge in [0.25, 0.3) is 5.91 Å². The number of imide groups is 1. The maximum absolute atomic E-state index is 13.2. The summed E-state index contributed by atoms with van der Waals surface area (Å²) < 4.78 is 0. The van der Waals surface area contributed by atoms with Crippen LogP contribution in [0.15, 0.2) is 30.3 Å². The topological polar surface area (TPSA) is 107 Å². The fraction of sp³-hybridized carbons (Fsp3) is 0.364. The first kappa shape index (κ1) is 18.6. The summed E-state index contributed by atoms with van der Waals surface area (Å²) in [4.78, 5) is 51.3. The van der Waals surface area contributed by atoms with E-state index in [0.29, 0.717) is 30.8 Å². The average Bonchev–Trinajstić information content (AvgIpc) is 3.02. The first-order valence-electron chi connectivity index (χ1n) is 10.2. The first-order valence-corrected chi connectivity index (χ1v) is 10.2. The molecule has 2 aromatic rings. The zero-order valence-electron chi connectivity index (χ0n) is 16.3. The fourth-order valence-corrected chi connectivity index (χ4v) is 5.00. The molecule has 8 heteroatoms. The molecule has 3 aliphatic heterocycles. The zero-order valence-corrected chi connectivity index (χ0v) is 16.3. The van der Waals surface area contributed by atoms with Crippen LogP contribution in [0.3, 0.4) is 0 Å². The zero-order chi connectivity index (χ0) is 21.0.